The van der Waals surface area contributed by atoms with Crippen molar-refractivity contribution in [1.82, 2.24) is 0 Å². The second kappa shape index (κ2) is 10.7. The van der Waals surface area contributed by atoms with Crippen LogP contribution in [0.3, 0.4) is 0 Å². The molecule has 1 aromatic rings. The number of rotatable bonds is 8. The summed E-state index contributed by atoms with van der Waals surface area (Å²) < 4.78 is 17.3. The highest BCUT2D eigenvalue weighted by Gasteiger charge is 2.49. The Hall–Kier alpha value is -2.17. The Balaban J connectivity index is 1.50. The number of aryl methyl sites for hydroxylation is 1. The second-order valence-corrected chi connectivity index (χ2v) is 10.8. The van der Waals surface area contributed by atoms with E-state index in [4.69, 9.17) is 14.2 Å². The summed E-state index contributed by atoms with van der Waals surface area (Å²) in [6.07, 6.45) is -0.649. The lowest BCUT2D eigenvalue weighted by Gasteiger charge is -2.47. The molecule has 0 amide bonds. The van der Waals surface area contributed by atoms with Gasteiger partial charge in [-0.05, 0) is 62.8 Å². The number of aliphatic hydroxyl groups is 3. The third-order valence-corrected chi connectivity index (χ3v) is 7.76. The lowest BCUT2D eigenvalue weighted by molar-refractivity contribution is -0.292. The molecule has 2 heterocycles. The first-order chi connectivity index (χ1) is 17.0. The number of hydrogen-bond acceptors (Lipinski definition) is 8. The molecule has 1 aromatic carbocycles. The summed E-state index contributed by atoms with van der Waals surface area (Å²) in [6.45, 7) is 6.33. The number of benzene rings is 1. The Morgan fingerprint density at radius 3 is 2.58 bits per heavy atom. The number of unbranched alkanes of at least 4 members (excludes halogenated alkanes) is 2. The lowest BCUT2D eigenvalue weighted by Crippen LogP contribution is -2.60. The number of phenolic OH excluding ortho intramolecular Hbond substituents is 1. The molecular formula is C27H38O9. The van der Waals surface area contributed by atoms with Crippen LogP contribution in [0.15, 0.2) is 23.8 Å². The lowest BCUT2D eigenvalue weighted by atomic mass is 9.67. The number of carbonyl (C=O) groups is 1. The normalized spacial score (nSPS) is 33.2. The van der Waals surface area contributed by atoms with E-state index >= 15 is 0 Å². The van der Waals surface area contributed by atoms with Gasteiger partial charge in [0.2, 0.25) is 0 Å². The van der Waals surface area contributed by atoms with E-state index in [-0.39, 0.29) is 24.2 Å². The van der Waals surface area contributed by atoms with Crippen molar-refractivity contribution in [3.8, 4) is 11.5 Å². The Bertz CT molecular complexity index is 988. The summed E-state index contributed by atoms with van der Waals surface area (Å²) in [5, 5.41) is 50.4. The number of allylic oxidation sites excluding steroid dienone is 1. The molecule has 5 N–H and O–H groups in total. The van der Waals surface area contributed by atoms with Gasteiger partial charge in [0.25, 0.3) is 0 Å². The summed E-state index contributed by atoms with van der Waals surface area (Å²) in [4.78, 5) is 11.4. The van der Waals surface area contributed by atoms with Crippen molar-refractivity contribution in [2.75, 3.05) is 6.61 Å². The average Bonchev–Trinajstić information content (AvgIpc) is 2.81. The van der Waals surface area contributed by atoms with Gasteiger partial charge in [-0.3, -0.25) is 0 Å². The predicted octanol–water partition coefficient (Wildman–Crippen LogP) is 2.62. The van der Waals surface area contributed by atoms with Gasteiger partial charge < -0.3 is 39.7 Å². The summed E-state index contributed by atoms with van der Waals surface area (Å²) in [5.41, 5.74) is 2.32. The molecule has 1 fully saturated rings. The summed E-state index contributed by atoms with van der Waals surface area (Å²) in [7, 11) is 0. The molecule has 4 rings (SSSR count). The number of ether oxygens (including phenoxy) is 3. The van der Waals surface area contributed by atoms with Crippen LogP contribution >= 0.6 is 0 Å². The van der Waals surface area contributed by atoms with Crippen LogP contribution in [0.5, 0.6) is 11.5 Å². The highest BCUT2D eigenvalue weighted by atomic mass is 16.7. The maximum Gasteiger partial charge on any atom is 0.335 e. The largest absolute Gasteiger partial charge is 0.508 e. The molecule has 36 heavy (non-hydrogen) atoms. The molecule has 0 unspecified atom stereocenters. The maximum absolute atomic E-state index is 11.4. The molecule has 0 bridgehead atoms. The quantitative estimate of drug-likeness (QED) is 0.265. The van der Waals surface area contributed by atoms with Crippen LogP contribution < -0.4 is 4.74 Å². The van der Waals surface area contributed by atoms with E-state index in [9.17, 15) is 30.3 Å². The van der Waals surface area contributed by atoms with Crippen LogP contribution in [0.2, 0.25) is 0 Å². The van der Waals surface area contributed by atoms with Gasteiger partial charge in [0.15, 0.2) is 12.4 Å². The van der Waals surface area contributed by atoms with Crippen LogP contribution in [0, 0.1) is 5.92 Å². The zero-order valence-electron chi connectivity index (χ0n) is 21.1. The van der Waals surface area contributed by atoms with Crippen molar-refractivity contribution in [3.63, 3.8) is 0 Å². The smallest absolute Gasteiger partial charge is 0.335 e. The Kier molecular flexibility index (Phi) is 7.97. The Morgan fingerprint density at radius 1 is 1.14 bits per heavy atom. The minimum Gasteiger partial charge on any atom is -0.508 e. The van der Waals surface area contributed by atoms with Gasteiger partial charge in [-0.25, -0.2) is 4.79 Å². The van der Waals surface area contributed by atoms with E-state index in [1.807, 2.05) is 18.2 Å². The Morgan fingerprint density at radius 2 is 1.89 bits per heavy atom. The molecule has 9 nitrogen and oxygen atoms in total. The number of aromatic hydroxyl groups is 1. The van der Waals surface area contributed by atoms with Gasteiger partial charge in [-0.15, -0.1) is 0 Å². The Labute approximate surface area is 211 Å². The molecule has 3 aliphatic rings. The fraction of sp³-hybridized carbons (Fsp3) is 0.667. The number of phenols is 1. The van der Waals surface area contributed by atoms with E-state index in [0.717, 1.165) is 42.4 Å². The maximum atomic E-state index is 11.4. The summed E-state index contributed by atoms with van der Waals surface area (Å²) in [6, 6.07) is 3.88. The molecule has 0 saturated carbocycles. The monoisotopic (exact) mass is 506 g/mol. The molecular weight excluding hydrogens is 468 g/mol. The summed E-state index contributed by atoms with van der Waals surface area (Å²) in [5.74, 6) is -0.377. The minimum absolute atomic E-state index is 0.00609. The van der Waals surface area contributed by atoms with E-state index in [2.05, 4.69) is 20.8 Å². The molecule has 1 saturated heterocycles. The van der Waals surface area contributed by atoms with E-state index in [1.165, 1.54) is 0 Å². The fourth-order valence-electron chi connectivity index (χ4n) is 5.74. The number of hydrogen-bond donors (Lipinski definition) is 5. The number of carboxylic acid groups (broad SMARTS) is 1. The van der Waals surface area contributed by atoms with E-state index in [0.29, 0.717) is 18.6 Å². The zero-order valence-corrected chi connectivity index (χ0v) is 21.1. The van der Waals surface area contributed by atoms with Crippen molar-refractivity contribution in [3.05, 3.63) is 34.9 Å². The first kappa shape index (κ1) is 26.9. The number of aliphatic carboxylic acids is 1. The SMILES string of the molecule is CCCCCc1cc(O)c2c(c1)OC(C)(C)[C@@H]1CC=C(CO[C@H]3O[C@H](C(=O)O)[C@@H](O)[C@H](O)[C@H]3O)C[C@@H]21. The minimum atomic E-state index is -1.76. The van der Waals surface area contributed by atoms with Crippen molar-refractivity contribution >= 4 is 5.97 Å². The molecule has 9 heteroatoms. The van der Waals surface area contributed by atoms with E-state index in [1.54, 1.807) is 0 Å². The van der Waals surface area contributed by atoms with Gasteiger partial charge in [0.05, 0.1) is 6.61 Å². The van der Waals surface area contributed by atoms with Crippen LogP contribution in [-0.4, -0.2) is 74.4 Å². The standard InChI is InChI=1S/C27H38O9/c1-4-5-6-7-14-11-18(28)20-16-10-15(8-9-17(16)27(2,3)36-19(20)12-14)13-34-26-23(31)21(29)22(30)24(35-26)25(32)33/h8,11-12,16-17,21-24,26,28-31H,4-7,9-10,13H2,1-3H3,(H,32,33)/t16-,17-,21+,22+,23-,24+,26+/m1/s1. The first-order valence-corrected chi connectivity index (χ1v) is 12.8. The van der Waals surface area contributed by atoms with Crippen LogP contribution in [-0.2, 0) is 20.7 Å². The third-order valence-electron chi connectivity index (χ3n) is 7.76. The zero-order chi connectivity index (χ0) is 26.2. The molecule has 200 valence electrons. The van der Waals surface area contributed by atoms with Gasteiger partial charge >= 0.3 is 5.97 Å². The predicted molar refractivity (Wildman–Crippen MR) is 130 cm³/mol. The van der Waals surface area contributed by atoms with Gasteiger partial charge in [-0.1, -0.05) is 25.8 Å². The summed E-state index contributed by atoms with van der Waals surface area (Å²) >= 11 is 0. The van der Waals surface area contributed by atoms with Gasteiger partial charge in [0, 0.05) is 17.4 Å². The number of fused-ring (bicyclic) bond motifs is 3. The van der Waals surface area contributed by atoms with Gasteiger partial charge in [-0.2, -0.15) is 0 Å². The molecule has 0 spiro atoms. The van der Waals surface area contributed by atoms with Crippen LogP contribution in [0.25, 0.3) is 0 Å². The topological polar surface area (TPSA) is 146 Å². The van der Waals surface area contributed by atoms with Crippen molar-refractivity contribution in [2.45, 2.75) is 102 Å². The van der Waals surface area contributed by atoms with Crippen molar-refractivity contribution in [1.29, 1.82) is 0 Å². The third kappa shape index (κ3) is 5.26. The second-order valence-electron chi connectivity index (χ2n) is 10.8. The van der Waals surface area contributed by atoms with E-state index < -0.39 is 42.3 Å². The highest BCUT2D eigenvalue weighted by Crippen LogP contribution is 2.54. The van der Waals surface area contributed by atoms with Crippen LogP contribution in [0.1, 0.15) is 69.9 Å². The first-order valence-electron chi connectivity index (χ1n) is 12.8. The average molecular weight is 507 g/mol. The molecule has 2 aliphatic heterocycles. The molecule has 7 atom stereocenters. The molecule has 1 aliphatic carbocycles. The number of carboxylic acids is 1. The molecule has 0 radical (unpaired) electrons. The fourth-order valence-corrected chi connectivity index (χ4v) is 5.74. The molecule has 0 aromatic heterocycles. The van der Waals surface area contributed by atoms with Crippen molar-refractivity contribution in [2.24, 2.45) is 5.92 Å². The van der Waals surface area contributed by atoms with Gasteiger partial charge in [0.1, 0.15) is 35.4 Å². The highest BCUT2D eigenvalue weighted by molar-refractivity contribution is 5.73. The van der Waals surface area contributed by atoms with Crippen molar-refractivity contribution < 1.29 is 44.5 Å². The number of aliphatic hydroxyl groups excluding tert-OH is 3. The van der Waals surface area contributed by atoms with Crippen LogP contribution in [0.4, 0.5) is 0 Å².